The average Bonchev–Trinajstić information content (AvgIpc) is 3.06. The number of alkyl carbamates (subject to hydrolysis) is 1. The Morgan fingerprint density at radius 1 is 0.795 bits per heavy atom. The van der Waals surface area contributed by atoms with Crippen molar-refractivity contribution < 1.29 is 23.9 Å². The van der Waals surface area contributed by atoms with E-state index in [9.17, 15) is 14.4 Å². The predicted octanol–water partition coefficient (Wildman–Crippen LogP) is 5.98. The number of benzene rings is 4. The Kier molecular flexibility index (Phi) is 11.5. The van der Waals surface area contributed by atoms with Crippen molar-refractivity contribution in [3.05, 3.63) is 138 Å². The second kappa shape index (κ2) is 15.9. The number of nitrogens with two attached hydrogens (primary N) is 1. The molecule has 8 nitrogen and oxygen atoms in total. The van der Waals surface area contributed by atoms with Crippen LogP contribution in [0.1, 0.15) is 54.0 Å². The van der Waals surface area contributed by atoms with E-state index in [-0.39, 0.29) is 25.5 Å². The molecule has 0 spiro atoms. The van der Waals surface area contributed by atoms with Crippen LogP contribution in [0.15, 0.2) is 115 Å². The van der Waals surface area contributed by atoms with Crippen molar-refractivity contribution in [2.75, 3.05) is 13.7 Å². The lowest BCUT2D eigenvalue weighted by atomic mass is 9.88. The Morgan fingerprint density at radius 3 is 1.93 bits per heavy atom. The molecule has 44 heavy (non-hydrogen) atoms. The molecule has 0 saturated carbocycles. The third-order valence-corrected chi connectivity index (χ3v) is 7.56. The van der Waals surface area contributed by atoms with Crippen LogP contribution >= 0.6 is 0 Å². The Labute approximate surface area is 258 Å². The molecule has 4 aromatic rings. The molecule has 4 aromatic carbocycles. The second-order valence-electron chi connectivity index (χ2n) is 10.5. The average molecular weight is 594 g/mol. The molecule has 0 bridgehead atoms. The summed E-state index contributed by atoms with van der Waals surface area (Å²) >= 11 is 0. The third kappa shape index (κ3) is 8.47. The molecule has 0 radical (unpaired) electrons. The van der Waals surface area contributed by atoms with Gasteiger partial charge in [0.1, 0.15) is 18.4 Å². The first kappa shape index (κ1) is 31.8. The van der Waals surface area contributed by atoms with Gasteiger partial charge in [0.2, 0.25) is 11.8 Å². The summed E-state index contributed by atoms with van der Waals surface area (Å²) in [5, 5.41) is 2.73. The van der Waals surface area contributed by atoms with E-state index in [1.165, 1.54) is 0 Å². The highest BCUT2D eigenvalue weighted by molar-refractivity contribution is 5.92. The van der Waals surface area contributed by atoms with Gasteiger partial charge >= 0.3 is 6.09 Å². The standard InChI is InChI=1S/C36H39N3O5/c1-26(30-20-12-21-31(24-30)43-2)39(35(41)33(28-16-8-4-9-17-28)29-18-10-5-11-19-29)32(34(37)40)22-13-23-38-36(42)44-25-27-14-6-3-7-15-27/h3-12,14-21,24,26,32-33H,13,22-23,25H2,1-2H3,(H2,37,40)(H,38,42)/t26-,32-/m1/s1. The zero-order chi connectivity index (χ0) is 31.3. The number of carbonyl (C=O) groups excluding carboxylic acids is 3. The van der Waals surface area contributed by atoms with Crippen LogP contribution in [0.5, 0.6) is 5.75 Å². The number of hydrogen-bond acceptors (Lipinski definition) is 5. The lowest BCUT2D eigenvalue weighted by Gasteiger charge is -2.38. The van der Waals surface area contributed by atoms with E-state index in [4.69, 9.17) is 15.2 Å². The lowest BCUT2D eigenvalue weighted by Crippen LogP contribution is -2.51. The molecule has 8 heteroatoms. The Morgan fingerprint density at radius 2 is 1.36 bits per heavy atom. The Hall–Kier alpha value is -5.11. The van der Waals surface area contributed by atoms with Crippen molar-refractivity contribution in [3.8, 4) is 5.75 Å². The summed E-state index contributed by atoms with van der Waals surface area (Å²) in [6.45, 7) is 2.28. The fourth-order valence-corrected chi connectivity index (χ4v) is 5.27. The van der Waals surface area contributed by atoms with Gasteiger partial charge in [-0.2, -0.15) is 0 Å². The lowest BCUT2D eigenvalue weighted by molar-refractivity contribution is -0.142. The van der Waals surface area contributed by atoms with E-state index < -0.39 is 30.0 Å². The number of rotatable bonds is 14. The minimum Gasteiger partial charge on any atom is -0.497 e. The SMILES string of the molecule is COc1cccc([C@@H](C)N(C(=O)C(c2ccccc2)c2ccccc2)[C@H](CCCNC(=O)OCc2ccccc2)C(N)=O)c1. The first-order valence-electron chi connectivity index (χ1n) is 14.7. The number of amides is 3. The van der Waals surface area contributed by atoms with E-state index >= 15 is 0 Å². The Balaban J connectivity index is 1.58. The van der Waals surface area contributed by atoms with Gasteiger partial charge in [-0.3, -0.25) is 9.59 Å². The molecule has 0 unspecified atom stereocenters. The van der Waals surface area contributed by atoms with Crippen LogP contribution in [0.25, 0.3) is 0 Å². The first-order chi connectivity index (χ1) is 21.4. The van der Waals surface area contributed by atoms with Gasteiger partial charge in [-0.05, 0) is 54.2 Å². The second-order valence-corrected chi connectivity index (χ2v) is 10.5. The summed E-state index contributed by atoms with van der Waals surface area (Å²) in [5.41, 5.74) is 9.29. The number of nitrogens with one attached hydrogen (secondary N) is 1. The quantitative estimate of drug-likeness (QED) is 0.175. The molecule has 0 saturated heterocycles. The van der Waals surface area contributed by atoms with Crippen molar-refractivity contribution in [1.29, 1.82) is 0 Å². The molecular formula is C36H39N3O5. The molecule has 3 amide bonds. The zero-order valence-electron chi connectivity index (χ0n) is 25.1. The molecule has 3 N–H and O–H groups in total. The summed E-state index contributed by atoms with van der Waals surface area (Å²) in [4.78, 5) is 41.7. The monoisotopic (exact) mass is 593 g/mol. The maximum Gasteiger partial charge on any atom is 0.407 e. The molecule has 0 aliphatic rings. The fourth-order valence-electron chi connectivity index (χ4n) is 5.27. The predicted molar refractivity (Wildman–Crippen MR) is 170 cm³/mol. The number of hydrogen-bond donors (Lipinski definition) is 2. The number of primary amides is 1. The van der Waals surface area contributed by atoms with Gasteiger partial charge in [-0.15, -0.1) is 0 Å². The molecule has 4 rings (SSSR count). The van der Waals surface area contributed by atoms with E-state index in [0.29, 0.717) is 12.2 Å². The van der Waals surface area contributed by atoms with Crippen LogP contribution in [0.4, 0.5) is 4.79 Å². The van der Waals surface area contributed by atoms with Gasteiger partial charge in [0, 0.05) is 6.54 Å². The highest BCUT2D eigenvalue weighted by atomic mass is 16.5. The molecule has 0 heterocycles. The van der Waals surface area contributed by atoms with E-state index in [0.717, 1.165) is 22.3 Å². The van der Waals surface area contributed by atoms with Crippen LogP contribution in [-0.4, -0.2) is 42.5 Å². The summed E-state index contributed by atoms with van der Waals surface area (Å²) in [6.07, 6.45) is 0.0737. The van der Waals surface area contributed by atoms with Crippen LogP contribution in [0.3, 0.4) is 0 Å². The van der Waals surface area contributed by atoms with E-state index in [2.05, 4.69) is 5.32 Å². The molecule has 0 aromatic heterocycles. The van der Waals surface area contributed by atoms with Crippen LogP contribution in [0, 0.1) is 0 Å². The minimum atomic E-state index is -0.944. The topological polar surface area (TPSA) is 111 Å². The van der Waals surface area contributed by atoms with Gasteiger partial charge in [0.15, 0.2) is 0 Å². The highest BCUT2D eigenvalue weighted by Crippen LogP contribution is 2.34. The zero-order valence-corrected chi connectivity index (χ0v) is 25.1. The number of ether oxygens (including phenoxy) is 2. The van der Waals surface area contributed by atoms with E-state index in [1.54, 1.807) is 12.0 Å². The van der Waals surface area contributed by atoms with Gasteiger partial charge in [0.25, 0.3) is 0 Å². The highest BCUT2D eigenvalue weighted by Gasteiger charge is 2.37. The van der Waals surface area contributed by atoms with Crippen LogP contribution in [0.2, 0.25) is 0 Å². The van der Waals surface area contributed by atoms with E-state index in [1.807, 2.05) is 122 Å². The van der Waals surface area contributed by atoms with Crippen molar-refractivity contribution in [2.45, 2.75) is 44.4 Å². The molecule has 0 fully saturated rings. The van der Waals surface area contributed by atoms with Crippen LogP contribution in [-0.2, 0) is 20.9 Å². The smallest absolute Gasteiger partial charge is 0.407 e. The maximum absolute atomic E-state index is 14.7. The normalized spacial score (nSPS) is 12.2. The maximum atomic E-state index is 14.7. The molecular weight excluding hydrogens is 554 g/mol. The van der Waals surface area contributed by atoms with Gasteiger partial charge in [-0.1, -0.05) is 103 Å². The summed E-state index contributed by atoms with van der Waals surface area (Å²) < 4.78 is 10.7. The van der Waals surface area contributed by atoms with Crippen molar-refractivity contribution in [1.82, 2.24) is 10.2 Å². The molecule has 0 aliphatic heterocycles. The van der Waals surface area contributed by atoms with Gasteiger partial charge < -0.3 is 25.4 Å². The van der Waals surface area contributed by atoms with Crippen LogP contribution < -0.4 is 15.8 Å². The number of nitrogens with zero attached hydrogens (tertiary/aromatic N) is 1. The molecule has 2 atom stereocenters. The Bertz CT molecular complexity index is 1460. The largest absolute Gasteiger partial charge is 0.497 e. The summed E-state index contributed by atoms with van der Waals surface area (Å²) in [7, 11) is 1.58. The van der Waals surface area contributed by atoms with Gasteiger partial charge in [-0.25, -0.2) is 4.79 Å². The van der Waals surface area contributed by atoms with Crippen molar-refractivity contribution in [3.63, 3.8) is 0 Å². The van der Waals surface area contributed by atoms with Gasteiger partial charge in [0.05, 0.1) is 19.1 Å². The van der Waals surface area contributed by atoms with Crippen molar-refractivity contribution in [2.24, 2.45) is 5.73 Å². The minimum absolute atomic E-state index is 0.150. The number of methoxy groups -OCH3 is 1. The first-order valence-corrected chi connectivity index (χ1v) is 14.7. The molecule has 228 valence electrons. The third-order valence-electron chi connectivity index (χ3n) is 7.56. The van der Waals surface area contributed by atoms with Crippen molar-refractivity contribution >= 4 is 17.9 Å². The summed E-state index contributed by atoms with van der Waals surface area (Å²) in [6, 6.07) is 34.4. The fraction of sp³-hybridized carbons (Fsp3) is 0.250. The number of carbonyl (C=O) groups is 3. The molecule has 0 aliphatic carbocycles. The summed E-state index contributed by atoms with van der Waals surface area (Å²) in [5.74, 6) is -0.909.